The molecule has 0 bridgehead atoms. The highest BCUT2D eigenvalue weighted by atomic mass is 16.4. The molecule has 4 nitrogen and oxygen atoms in total. The SMILES string of the molecule is CC(NCc1ccc(C#CC(C)(C)C(=O)O)c(O)c1)c1cccc2ccccc12. The molecule has 0 aliphatic rings. The topological polar surface area (TPSA) is 69.6 Å². The Kier molecular flexibility index (Phi) is 5.91. The number of benzene rings is 3. The van der Waals surface area contributed by atoms with E-state index in [-0.39, 0.29) is 11.8 Å². The van der Waals surface area contributed by atoms with E-state index in [0.717, 1.165) is 5.56 Å². The van der Waals surface area contributed by atoms with Crippen molar-refractivity contribution in [2.24, 2.45) is 5.41 Å². The molecule has 0 radical (unpaired) electrons. The van der Waals surface area contributed by atoms with Crippen molar-refractivity contribution in [1.29, 1.82) is 0 Å². The highest BCUT2D eigenvalue weighted by Gasteiger charge is 2.24. The van der Waals surface area contributed by atoms with Gasteiger partial charge in [-0.2, -0.15) is 0 Å². The fraction of sp³-hybridized carbons (Fsp3) is 0.240. The molecule has 3 rings (SSSR count). The Morgan fingerprint density at radius 1 is 1.10 bits per heavy atom. The molecule has 4 heteroatoms. The zero-order valence-electron chi connectivity index (χ0n) is 16.9. The van der Waals surface area contributed by atoms with Crippen molar-refractivity contribution in [3.63, 3.8) is 0 Å². The maximum Gasteiger partial charge on any atom is 0.321 e. The number of hydrogen-bond acceptors (Lipinski definition) is 3. The lowest BCUT2D eigenvalue weighted by Crippen LogP contribution is -2.21. The second-order valence-corrected chi connectivity index (χ2v) is 7.70. The summed E-state index contributed by atoms with van der Waals surface area (Å²) >= 11 is 0. The normalized spacial score (nSPS) is 12.2. The molecule has 0 aliphatic heterocycles. The monoisotopic (exact) mass is 387 g/mol. The van der Waals surface area contributed by atoms with Crippen LogP contribution in [0.2, 0.25) is 0 Å². The number of fused-ring (bicyclic) bond motifs is 1. The van der Waals surface area contributed by atoms with Gasteiger partial charge in [-0.3, -0.25) is 4.79 Å². The minimum absolute atomic E-state index is 0.0517. The van der Waals surface area contributed by atoms with E-state index < -0.39 is 11.4 Å². The number of aliphatic carboxylic acids is 1. The van der Waals surface area contributed by atoms with Crippen LogP contribution < -0.4 is 5.32 Å². The van der Waals surface area contributed by atoms with Gasteiger partial charge in [0, 0.05) is 12.6 Å². The van der Waals surface area contributed by atoms with Gasteiger partial charge in [-0.1, -0.05) is 60.4 Å². The molecule has 0 fully saturated rings. The lowest BCUT2D eigenvalue weighted by Gasteiger charge is -2.17. The summed E-state index contributed by atoms with van der Waals surface area (Å²) in [5.41, 5.74) is 1.41. The standard InChI is InChI=1S/C25H25NO3/c1-17(21-10-6-8-19-7-4-5-9-22(19)21)26-16-18-11-12-20(23(27)15-18)13-14-25(2,3)24(28)29/h4-12,15,17,26-27H,16H2,1-3H3,(H,28,29). The van der Waals surface area contributed by atoms with E-state index in [0.29, 0.717) is 12.1 Å². The number of nitrogens with one attached hydrogen (secondary N) is 1. The van der Waals surface area contributed by atoms with Crippen molar-refractivity contribution in [3.8, 4) is 17.6 Å². The third kappa shape index (κ3) is 4.77. The van der Waals surface area contributed by atoms with Crippen LogP contribution in [0, 0.1) is 17.3 Å². The van der Waals surface area contributed by atoms with E-state index in [9.17, 15) is 9.90 Å². The van der Waals surface area contributed by atoms with Gasteiger partial charge >= 0.3 is 5.97 Å². The minimum Gasteiger partial charge on any atom is -0.507 e. The molecular formula is C25H25NO3. The summed E-state index contributed by atoms with van der Waals surface area (Å²) < 4.78 is 0. The van der Waals surface area contributed by atoms with Gasteiger partial charge < -0.3 is 15.5 Å². The maximum atomic E-state index is 11.2. The molecule has 0 amide bonds. The number of carboxylic acid groups (broad SMARTS) is 1. The molecule has 0 aliphatic carbocycles. The molecule has 3 aromatic rings. The number of phenolic OH excluding ortho intramolecular Hbond substituents is 1. The lowest BCUT2D eigenvalue weighted by molar-refractivity contribution is -0.143. The van der Waals surface area contributed by atoms with Crippen LogP contribution in [0.5, 0.6) is 5.75 Å². The van der Waals surface area contributed by atoms with Gasteiger partial charge in [-0.15, -0.1) is 0 Å². The molecule has 1 unspecified atom stereocenters. The second kappa shape index (κ2) is 8.38. The Morgan fingerprint density at radius 2 is 1.83 bits per heavy atom. The highest BCUT2D eigenvalue weighted by molar-refractivity contribution is 5.86. The van der Waals surface area contributed by atoms with Crippen molar-refractivity contribution in [2.75, 3.05) is 0 Å². The Labute approximate surface area is 171 Å². The predicted molar refractivity (Wildman–Crippen MR) is 116 cm³/mol. The molecule has 0 heterocycles. The Morgan fingerprint density at radius 3 is 2.55 bits per heavy atom. The fourth-order valence-corrected chi connectivity index (χ4v) is 3.08. The molecule has 3 aromatic carbocycles. The van der Waals surface area contributed by atoms with Crippen LogP contribution in [0.15, 0.2) is 60.7 Å². The number of hydrogen-bond donors (Lipinski definition) is 3. The lowest BCUT2D eigenvalue weighted by atomic mass is 9.94. The largest absolute Gasteiger partial charge is 0.507 e. The van der Waals surface area contributed by atoms with E-state index in [1.165, 1.54) is 30.2 Å². The Bertz CT molecular complexity index is 1100. The average molecular weight is 387 g/mol. The zero-order chi connectivity index (χ0) is 21.0. The van der Waals surface area contributed by atoms with Crippen LogP contribution >= 0.6 is 0 Å². The first-order valence-corrected chi connectivity index (χ1v) is 9.57. The average Bonchev–Trinajstić information content (AvgIpc) is 2.70. The molecule has 0 saturated carbocycles. The molecule has 0 aromatic heterocycles. The van der Waals surface area contributed by atoms with Crippen LogP contribution in [0.4, 0.5) is 0 Å². The Hall–Kier alpha value is -3.29. The molecule has 3 N–H and O–H groups in total. The van der Waals surface area contributed by atoms with Gasteiger partial charge in [0.05, 0.1) is 5.56 Å². The van der Waals surface area contributed by atoms with Crippen molar-refractivity contribution >= 4 is 16.7 Å². The van der Waals surface area contributed by atoms with Crippen molar-refractivity contribution < 1.29 is 15.0 Å². The Balaban J connectivity index is 1.72. The van der Waals surface area contributed by atoms with Crippen LogP contribution in [-0.4, -0.2) is 16.2 Å². The minimum atomic E-state index is -1.17. The summed E-state index contributed by atoms with van der Waals surface area (Å²) in [7, 11) is 0. The summed E-state index contributed by atoms with van der Waals surface area (Å²) in [6.45, 7) is 5.78. The van der Waals surface area contributed by atoms with Crippen molar-refractivity contribution in [2.45, 2.75) is 33.4 Å². The molecule has 29 heavy (non-hydrogen) atoms. The van der Waals surface area contributed by atoms with Gasteiger partial charge in [0.2, 0.25) is 0 Å². The molecule has 148 valence electrons. The first-order chi connectivity index (χ1) is 13.8. The molecule has 0 saturated heterocycles. The number of phenols is 1. The van der Waals surface area contributed by atoms with Gasteiger partial charge in [0.25, 0.3) is 0 Å². The van der Waals surface area contributed by atoms with Crippen molar-refractivity contribution in [3.05, 3.63) is 77.4 Å². The number of aromatic hydroxyl groups is 1. The number of carboxylic acids is 1. The van der Waals surface area contributed by atoms with Gasteiger partial charge in [-0.25, -0.2) is 0 Å². The quantitative estimate of drug-likeness (QED) is 0.547. The van der Waals surface area contributed by atoms with E-state index in [2.05, 4.69) is 54.4 Å². The van der Waals surface area contributed by atoms with Crippen LogP contribution in [-0.2, 0) is 11.3 Å². The predicted octanol–water partition coefficient (Wildman–Crippen LogP) is 4.86. The van der Waals surface area contributed by atoms with Crippen LogP contribution in [0.3, 0.4) is 0 Å². The summed E-state index contributed by atoms with van der Waals surface area (Å²) in [5.74, 6) is 4.53. The van der Waals surface area contributed by atoms with Gasteiger partial charge in [0.15, 0.2) is 0 Å². The van der Waals surface area contributed by atoms with E-state index in [1.54, 1.807) is 12.1 Å². The molecular weight excluding hydrogens is 362 g/mol. The number of rotatable bonds is 5. The molecule has 0 spiro atoms. The number of carbonyl (C=O) groups is 1. The zero-order valence-corrected chi connectivity index (χ0v) is 16.9. The molecule has 1 atom stereocenters. The summed E-state index contributed by atoms with van der Waals surface area (Å²) in [4.78, 5) is 11.2. The maximum absolute atomic E-state index is 11.2. The summed E-state index contributed by atoms with van der Waals surface area (Å²) in [5, 5.41) is 25.4. The first-order valence-electron chi connectivity index (χ1n) is 9.57. The second-order valence-electron chi connectivity index (χ2n) is 7.70. The van der Waals surface area contributed by atoms with E-state index in [4.69, 9.17) is 5.11 Å². The van der Waals surface area contributed by atoms with E-state index >= 15 is 0 Å². The summed E-state index contributed by atoms with van der Waals surface area (Å²) in [6, 6.07) is 20.0. The third-order valence-electron chi connectivity index (χ3n) is 5.01. The van der Waals surface area contributed by atoms with Gasteiger partial charge in [-0.05, 0) is 54.8 Å². The summed E-state index contributed by atoms with van der Waals surface area (Å²) in [6.07, 6.45) is 0. The fourth-order valence-electron chi connectivity index (χ4n) is 3.08. The van der Waals surface area contributed by atoms with Crippen molar-refractivity contribution in [1.82, 2.24) is 5.32 Å². The smallest absolute Gasteiger partial charge is 0.321 e. The van der Waals surface area contributed by atoms with E-state index in [1.807, 2.05) is 18.2 Å². The first kappa shape index (κ1) is 20.4. The third-order valence-corrected chi connectivity index (χ3v) is 5.01. The van der Waals surface area contributed by atoms with Gasteiger partial charge in [0.1, 0.15) is 11.2 Å². The highest BCUT2D eigenvalue weighted by Crippen LogP contribution is 2.25. The van der Waals surface area contributed by atoms with Crippen LogP contribution in [0.1, 0.15) is 43.5 Å². The van der Waals surface area contributed by atoms with Crippen LogP contribution in [0.25, 0.3) is 10.8 Å².